The summed E-state index contributed by atoms with van der Waals surface area (Å²) in [7, 11) is 0. The molecule has 3 N–H and O–H groups in total. The minimum absolute atomic E-state index is 0.363. The number of piperidine rings is 1. The Kier molecular flexibility index (Phi) is 5.74. The number of anilines is 2. The number of nitrogens with one attached hydrogen (secondary N) is 3. The summed E-state index contributed by atoms with van der Waals surface area (Å²) in [6.07, 6.45) is 4.36. The van der Waals surface area contributed by atoms with E-state index in [1.165, 1.54) is 17.5 Å². The standard InChI is InChI=1S/C23H29N7S/c1-15(2)17-13-27-30-21(26-14-22-28-18-5-3-4-6-19(18)31-22)11-20(29-23(17)30)25-12-16-7-9-24-10-8-16/h3-6,11,13,15-16,24,26H,7-10,12,14H2,1-2H3,(H,25,29). The van der Waals surface area contributed by atoms with Gasteiger partial charge in [0.25, 0.3) is 0 Å². The molecule has 1 aliphatic heterocycles. The van der Waals surface area contributed by atoms with Crippen LogP contribution >= 0.6 is 11.3 Å². The minimum atomic E-state index is 0.363. The van der Waals surface area contributed by atoms with Crippen molar-refractivity contribution in [1.29, 1.82) is 0 Å². The van der Waals surface area contributed by atoms with Crippen LogP contribution in [-0.4, -0.2) is 39.2 Å². The fraction of sp³-hybridized carbons (Fsp3) is 0.435. The zero-order chi connectivity index (χ0) is 21.2. The van der Waals surface area contributed by atoms with Crippen LogP contribution in [0.3, 0.4) is 0 Å². The zero-order valence-corrected chi connectivity index (χ0v) is 18.9. The van der Waals surface area contributed by atoms with Gasteiger partial charge < -0.3 is 16.0 Å². The van der Waals surface area contributed by atoms with E-state index < -0.39 is 0 Å². The summed E-state index contributed by atoms with van der Waals surface area (Å²) in [6, 6.07) is 10.3. The van der Waals surface area contributed by atoms with Crippen molar-refractivity contribution >= 4 is 38.8 Å². The third-order valence-corrected chi connectivity index (χ3v) is 6.95. The molecule has 0 spiro atoms. The van der Waals surface area contributed by atoms with Crippen LogP contribution in [0, 0.1) is 5.92 Å². The van der Waals surface area contributed by atoms with Crippen molar-refractivity contribution in [1.82, 2.24) is 24.9 Å². The Morgan fingerprint density at radius 2 is 2.00 bits per heavy atom. The molecule has 5 rings (SSSR count). The lowest BCUT2D eigenvalue weighted by Crippen LogP contribution is -2.31. The van der Waals surface area contributed by atoms with Crippen LogP contribution in [0.5, 0.6) is 0 Å². The average molecular weight is 436 g/mol. The van der Waals surface area contributed by atoms with E-state index in [1.54, 1.807) is 11.3 Å². The summed E-state index contributed by atoms with van der Waals surface area (Å²) < 4.78 is 3.13. The normalized spacial score (nSPS) is 15.2. The molecule has 8 heteroatoms. The first-order valence-electron chi connectivity index (χ1n) is 11.1. The van der Waals surface area contributed by atoms with E-state index in [0.717, 1.165) is 53.0 Å². The maximum atomic E-state index is 4.91. The van der Waals surface area contributed by atoms with Gasteiger partial charge in [0.1, 0.15) is 16.6 Å². The third kappa shape index (κ3) is 4.36. The third-order valence-electron chi connectivity index (χ3n) is 5.91. The second-order valence-corrected chi connectivity index (χ2v) is 9.64. The van der Waals surface area contributed by atoms with Crippen LogP contribution in [0.15, 0.2) is 36.5 Å². The van der Waals surface area contributed by atoms with E-state index in [1.807, 2.05) is 16.8 Å². The molecule has 4 aromatic rings. The smallest absolute Gasteiger partial charge is 0.163 e. The summed E-state index contributed by atoms with van der Waals surface area (Å²) in [5, 5.41) is 16.3. The lowest BCUT2D eigenvalue weighted by atomic mass is 9.98. The summed E-state index contributed by atoms with van der Waals surface area (Å²) >= 11 is 1.72. The van der Waals surface area contributed by atoms with Crippen LogP contribution in [0.25, 0.3) is 15.9 Å². The van der Waals surface area contributed by atoms with Crippen LogP contribution < -0.4 is 16.0 Å². The van der Waals surface area contributed by atoms with E-state index >= 15 is 0 Å². The Bertz CT molecular complexity index is 1140. The largest absolute Gasteiger partial charge is 0.370 e. The second kappa shape index (κ2) is 8.80. The number of thiazole rings is 1. The zero-order valence-electron chi connectivity index (χ0n) is 18.1. The molecule has 0 bridgehead atoms. The molecule has 3 aromatic heterocycles. The molecular formula is C23H29N7S. The van der Waals surface area contributed by atoms with Gasteiger partial charge in [-0.3, -0.25) is 0 Å². The van der Waals surface area contributed by atoms with E-state index in [-0.39, 0.29) is 0 Å². The lowest BCUT2D eigenvalue weighted by Gasteiger charge is -2.23. The van der Waals surface area contributed by atoms with Gasteiger partial charge in [-0.25, -0.2) is 9.97 Å². The van der Waals surface area contributed by atoms with Crippen molar-refractivity contribution in [2.24, 2.45) is 5.92 Å². The van der Waals surface area contributed by atoms with Crippen molar-refractivity contribution in [3.63, 3.8) is 0 Å². The number of nitrogens with zero attached hydrogens (tertiary/aromatic N) is 4. The van der Waals surface area contributed by atoms with E-state index in [0.29, 0.717) is 18.4 Å². The molecule has 1 aromatic carbocycles. The lowest BCUT2D eigenvalue weighted by molar-refractivity contribution is 0.389. The van der Waals surface area contributed by atoms with E-state index in [9.17, 15) is 0 Å². The summed E-state index contributed by atoms with van der Waals surface area (Å²) in [6.45, 7) is 8.18. The Hall–Kier alpha value is -2.71. The van der Waals surface area contributed by atoms with Crippen LogP contribution in [0.2, 0.25) is 0 Å². The molecular weight excluding hydrogens is 406 g/mol. The van der Waals surface area contributed by atoms with Crippen LogP contribution in [0.4, 0.5) is 11.6 Å². The van der Waals surface area contributed by atoms with Gasteiger partial charge >= 0.3 is 0 Å². The maximum absolute atomic E-state index is 4.91. The van der Waals surface area contributed by atoms with Gasteiger partial charge in [0.2, 0.25) is 0 Å². The highest BCUT2D eigenvalue weighted by Crippen LogP contribution is 2.26. The van der Waals surface area contributed by atoms with Crippen molar-refractivity contribution in [3.8, 4) is 0 Å². The number of hydrogen-bond donors (Lipinski definition) is 3. The summed E-state index contributed by atoms with van der Waals surface area (Å²) in [5.74, 6) is 2.89. The number of para-hydroxylation sites is 1. The van der Waals surface area contributed by atoms with Crippen molar-refractivity contribution in [2.75, 3.05) is 30.3 Å². The van der Waals surface area contributed by atoms with Gasteiger partial charge in [-0.2, -0.15) is 9.61 Å². The predicted molar refractivity (Wildman–Crippen MR) is 128 cm³/mol. The summed E-state index contributed by atoms with van der Waals surface area (Å²) in [4.78, 5) is 9.66. The number of fused-ring (bicyclic) bond motifs is 2. The van der Waals surface area contributed by atoms with Gasteiger partial charge in [0.15, 0.2) is 5.65 Å². The van der Waals surface area contributed by atoms with Crippen molar-refractivity contribution < 1.29 is 0 Å². The first kappa shape index (κ1) is 20.2. The first-order chi connectivity index (χ1) is 15.2. The van der Waals surface area contributed by atoms with Crippen LogP contribution in [-0.2, 0) is 6.54 Å². The molecule has 31 heavy (non-hydrogen) atoms. The van der Waals surface area contributed by atoms with E-state index in [2.05, 4.69) is 59.2 Å². The van der Waals surface area contributed by atoms with Gasteiger partial charge in [0.05, 0.1) is 23.0 Å². The Balaban J connectivity index is 1.40. The average Bonchev–Trinajstić information content (AvgIpc) is 3.40. The number of benzene rings is 1. The second-order valence-electron chi connectivity index (χ2n) is 8.52. The number of aromatic nitrogens is 4. The van der Waals surface area contributed by atoms with Gasteiger partial charge in [-0.1, -0.05) is 26.0 Å². The highest BCUT2D eigenvalue weighted by Gasteiger charge is 2.16. The molecule has 0 atom stereocenters. The molecule has 4 heterocycles. The van der Waals surface area contributed by atoms with E-state index in [4.69, 9.17) is 9.97 Å². The van der Waals surface area contributed by atoms with Gasteiger partial charge in [0, 0.05) is 18.2 Å². The molecule has 0 radical (unpaired) electrons. The van der Waals surface area contributed by atoms with Crippen molar-refractivity contribution in [3.05, 3.63) is 47.1 Å². The monoisotopic (exact) mass is 435 g/mol. The Morgan fingerprint density at radius 3 is 2.81 bits per heavy atom. The molecule has 1 aliphatic rings. The topological polar surface area (TPSA) is 79.2 Å². The van der Waals surface area contributed by atoms with Crippen LogP contribution in [0.1, 0.15) is 43.2 Å². The minimum Gasteiger partial charge on any atom is -0.370 e. The quantitative estimate of drug-likeness (QED) is 0.397. The Morgan fingerprint density at radius 1 is 1.16 bits per heavy atom. The molecule has 0 saturated carbocycles. The molecule has 1 fully saturated rings. The maximum Gasteiger partial charge on any atom is 0.163 e. The van der Waals surface area contributed by atoms with Crippen molar-refractivity contribution in [2.45, 2.75) is 39.2 Å². The molecule has 7 nitrogen and oxygen atoms in total. The fourth-order valence-corrected chi connectivity index (χ4v) is 5.01. The van der Waals surface area contributed by atoms with Gasteiger partial charge in [-0.15, -0.1) is 11.3 Å². The highest BCUT2D eigenvalue weighted by molar-refractivity contribution is 7.18. The molecule has 0 amide bonds. The first-order valence-corrected chi connectivity index (χ1v) is 11.9. The molecule has 0 aliphatic carbocycles. The SMILES string of the molecule is CC(C)c1cnn2c(NCc3nc4ccccc4s3)cc(NCC3CCNCC3)nc12. The fourth-order valence-electron chi connectivity index (χ4n) is 4.10. The Labute approximate surface area is 186 Å². The highest BCUT2D eigenvalue weighted by atomic mass is 32.1. The predicted octanol–water partition coefficient (Wildman–Crippen LogP) is 4.49. The number of hydrogen-bond acceptors (Lipinski definition) is 7. The molecule has 0 unspecified atom stereocenters. The molecule has 162 valence electrons. The summed E-state index contributed by atoms with van der Waals surface area (Å²) in [5.41, 5.74) is 3.13. The number of rotatable bonds is 7. The van der Waals surface area contributed by atoms with Gasteiger partial charge in [-0.05, 0) is 49.9 Å². The molecule has 1 saturated heterocycles.